The van der Waals surface area contributed by atoms with E-state index in [0.717, 1.165) is 0 Å². The Bertz CT molecular complexity index is 452. The minimum Gasteiger partial charge on any atom is -0.366 e. The molecule has 0 spiro atoms. The molecule has 1 aromatic rings. The maximum atomic E-state index is 12.4. The summed E-state index contributed by atoms with van der Waals surface area (Å²) in [7, 11) is 0. The smallest absolute Gasteiger partial charge is 0.366 e. The second-order valence-electron chi connectivity index (χ2n) is 3.22. The van der Waals surface area contributed by atoms with Gasteiger partial charge in [0, 0.05) is 11.1 Å². The lowest BCUT2D eigenvalue weighted by atomic mass is 9.98. The van der Waals surface area contributed by atoms with Crippen molar-refractivity contribution >= 4 is 12.2 Å². The van der Waals surface area contributed by atoms with Crippen LogP contribution in [0.4, 0.5) is 13.2 Å². The summed E-state index contributed by atoms with van der Waals surface area (Å²) in [5, 5.41) is 0. The van der Waals surface area contributed by atoms with Crippen LogP contribution >= 0.6 is 0 Å². The monoisotopic (exact) mass is 231 g/mol. The number of carbonyl (C=O) groups excluding carboxylic acids is 2. The molecule has 1 rings (SSSR count). The van der Waals surface area contributed by atoms with Crippen LogP contribution in [0.1, 0.15) is 31.8 Å². The van der Waals surface area contributed by atoms with E-state index in [1.807, 2.05) is 0 Å². The first-order valence-corrected chi connectivity index (χ1v) is 4.24. The number of hydrogen-bond donors (Lipinski definition) is 1. The van der Waals surface area contributed by atoms with Crippen molar-refractivity contribution in [2.45, 2.75) is 13.1 Å². The zero-order valence-electron chi connectivity index (χ0n) is 8.26. The first-order chi connectivity index (χ1) is 7.27. The van der Waals surface area contributed by atoms with E-state index >= 15 is 0 Å². The lowest BCUT2D eigenvalue weighted by molar-refractivity contribution is -0.137. The molecule has 0 aliphatic heterocycles. The SMILES string of the molecule is Cc1c(C=O)cc(C(F)(F)F)cc1C(N)=O. The van der Waals surface area contributed by atoms with Crippen LogP contribution in [0.3, 0.4) is 0 Å². The van der Waals surface area contributed by atoms with Crippen LogP contribution in [0, 0.1) is 6.92 Å². The number of alkyl halides is 3. The third-order valence-electron chi connectivity index (χ3n) is 2.17. The zero-order valence-corrected chi connectivity index (χ0v) is 8.26. The third kappa shape index (κ3) is 2.21. The molecule has 6 heteroatoms. The van der Waals surface area contributed by atoms with Crippen molar-refractivity contribution < 1.29 is 22.8 Å². The molecule has 0 radical (unpaired) electrons. The van der Waals surface area contributed by atoms with E-state index < -0.39 is 17.6 Å². The van der Waals surface area contributed by atoms with Gasteiger partial charge in [0.15, 0.2) is 0 Å². The van der Waals surface area contributed by atoms with E-state index in [9.17, 15) is 22.8 Å². The van der Waals surface area contributed by atoms with Gasteiger partial charge < -0.3 is 5.73 Å². The van der Waals surface area contributed by atoms with Crippen molar-refractivity contribution in [1.82, 2.24) is 0 Å². The Labute approximate surface area is 89.1 Å². The first-order valence-electron chi connectivity index (χ1n) is 4.24. The van der Waals surface area contributed by atoms with Crippen LogP contribution in [-0.4, -0.2) is 12.2 Å². The van der Waals surface area contributed by atoms with E-state index in [-0.39, 0.29) is 23.0 Å². The van der Waals surface area contributed by atoms with Crippen molar-refractivity contribution in [2.24, 2.45) is 5.73 Å². The summed E-state index contributed by atoms with van der Waals surface area (Å²) in [6, 6.07) is 1.33. The van der Waals surface area contributed by atoms with Gasteiger partial charge in [0.05, 0.1) is 5.56 Å². The standard InChI is InChI=1S/C10H8F3NO2/c1-5-6(4-15)2-7(10(11,12)13)3-8(5)9(14)16/h2-4H,1H3,(H2,14,16). The summed E-state index contributed by atoms with van der Waals surface area (Å²) in [5.41, 5.74) is 3.53. The maximum absolute atomic E-state index is 12.4. The Morgan fingerprint density at radius 1 is 1.38 bits per heavy atom. The third-order valence-corrected chi connectivity index (χ3v) is 2.17. The summed E-state index contributed by atoms with van der Waals surface area (Å²) >= 11 is 0. The van der Waals surface area contributed by atoms with Gasteiger partial charge in [-0.25, -0.2) is 0 Å². The van der Waals surface area contributed by atoms with Crippen LogP contribution in [0.15, 0.2) is 12.1 Å². The molecule has 0 fully saturated rings. The van der Waals surface area contributed by atoms with Crippen LogP contribution in [0.5, 0.6) is 0 Å². The van der Waals surface area contributed by atoms with Gasteiger partial charge in [0.2, 0.25) is 5.91 Å². The minimum atomic E-state index is -4.62. The van der Waals surface area contributed by atoms with Crippen LogP contribution in [0.25, 0.3) is 0 Å². The van der Waals surface area contributed by atoms with E-state index in [4.69, 9.17) is 5.73 Å². The Morgan fingerprint density at radius 3 is 2.31 bits per heavy atom. The van der Waals surface area contributed by atoms with Gasteiger partial charge in [-0.2, -0.15) is 13.2 Å². The number of halogens is 3. The second kappa shape index (κ2) is 3.96. The highest BCUT2D eigenvalue weighted by Gasteiger charge is 2.32. The van der Waals surface area contributed by atoms with E-state index in [1.54, 1.807) is 0 Å². The lowest BCUT2D eigenvalue weighted by Crippen LogP contribution is -2.16. The molecule has 86 valence electrons. The quantitative estimate of drug-likeness (QED) is 0.790. The average Bonchev–Trinajstić information content (AvgIpc) is 2.15. The number of primary amides is 1. The molecule has 0 atom stereocenters. The minimum absolute atomic E-state index is 0.149. The fraction of sp³-hybridized carbons (Fsp3) is 0.200. The summed E-state index contributed by atoms with van der Waals surface area (Å²) in [6.07, 6.45) is -4.35. The predicted octanol–water partition coefficient (Wildman–Crippen LogP) is 1.93. The molecule has 1 aromatic carbocycles. The largest absolute Gasteiger partial charge is 0.416 e. The molecule has 0 aromatic heterocycles. The highest BCUT2D eigenvalue weighted by molar-refractivity contribution is 5.97. The molecule has 0 heterocycles. The van der Waals surface area contributed by atoms with Gasteiger partial charge in [-0.1, -0.05) is 0 Å². The highest BCUT2D eigenvalue weighted by Crippen LogP contribution is 2.31. The molecule has 16 heavy (non-hydrogen) atoms. The van der Waals surface area contributed by atoms with Gasteiger partial charge in [0.1, 0.15) is 6.29 Å². The van der Waals surface area contributed by atoms with Gasteiger partial charge in [-0.3, -0.25) is 9.59 Å². The van der Waals surface area contributed by atoms with Crippen molar-refractivity contribution in [3.8, 4) is 0 Å². The number of amides is 1. The molecule has 0 bridgehead atoms. The van der Waals surface area contributed by atoms with Crippen molar-refractivity contribution in [2.75, 3.05) is 0 Å². The van der Waals surface area contributed by atoms with Crippen molar-refractivity contribution in [1.29, 1.82) is 0 Å². The van der Waals surface area contributed by atoms with Gasteiger partial charge in [-0.15, -0.1) is 0 Å². The summed E-state index contributed by atoms with van der Waals surface area (Å²) in [6.45, 7) is 1.37. The molecular formula is C10H8F3NO2. The van der Waals surface area contributed by atoms with Crippen LogP contribution in [-0.2, 0) is 6.18 Å². The fourth-order valence-corrected chi connectivity index (χ4v) is 1.28. The number of hydrogen-bond acceptors (Lipinski definition) is 2. The summed E-state index contributed by atoms with van der Waals surface area (Å²) < 4.78 is 37.2. The van der Waals surface area contributed by atoms with E-state index in [2.05, 4.69) is 0 Å². The van der Waals surface area contributed by atoms with Crippen LogP contribution in [0.2, 0.25) is 0 Å². The fourth-order valence-electron chi connectivity index (χ4n) is 1.28. The van der Waals surface area contributed by atoms with Crippen molar-refractivity contribution in [3.63, 3.8) is 0 Å². The first kappa shape index (κ1) is 12.2. The Morgan fingerprint density at radius 2 is 1.94 bits per heavy atom. The normalized spacial score (nSPS) is 11.2. The van der Waals surface area contributed by atoms with Gasteiger partial charge >= 0.3 is 6.18 Å². The topological polar surface area (TPSA) is 60.2 Å². The second-order valence-corrected chi connectivity index (χ2v) is 3.22. The predicted molar refractivity (Wildman–Crippen MR) is 50.1 cm³/mol. The van der Waals surface area contributed by atoms with Crippen LogP contribution < -0.4 is 5.73 Å². The summed E-state index contributed by atoms with van der Waals surface area (Å²) in [4.78, 5) is 21.5. The average molecular weight is 231 g/mol. The molecule has 2 N–H and O–H groups in total. The Kier molecular flexibility index (Phi) is 3.02. The number of carbonyl (C=O) groups is 2. The van der Waals surface area contributed by atoms with Crippen molar-refractivity contribution in [3.05, 3.63) is 34.4 Å². The molecule has 1 amide bonds. The van der Waals surface area contributed by atoms with E-state index in [1.165, 1.54) is 6.92 Å². The molecule has 3 nitrogen and oxygen atoms in total. The Hall–Kier alpha value is -1.85. The number of rotatable bonds is 2. The van der Waals surface area contributed by atoms with E-state index in [0.29, 0.717) is 12.1 Å². The molecule has 0 unspecified atom stereocenters. The molecule has 0 aliphatic carbocycles. The summed E-state index contributed by atoms with van der Waals surface area (Å²) in [5.74, 6) is -0.994. The number of benzene rings is 1. The maximum Gasteiger partial charge on any atom is 0.416 e. The zero-order chi connectivity index (χ0) is 12.5. The van der Waals surface area contributed by atoms with Gasteiger partial charge in [-0.05, 0) is 24.6 Å². The molecule has 0 aliphatic rings. The molecular weight excluding hydrogens is 223 g/mol. The van der Waals surface area contributed by atoms with Gasteiger partial charge in [0.25, 0.3) is 0 Å². The molecule has 0 saturated carbocycles. The number of nitrogens with two attached hydrogens (primary N) is 1. The number of aldehydes is 1. The molecule has 0 saturated heterocycles. The Balaban J connectivity index is 3.52. The highest BCUT2D eigenvalue weighted by atomic mass is 19.4. The lowest BCUT2D eigenvalue weighted by Gasteiger charge is -2.11.